The lowest BCUT2D eigenvalue weighted by Gasteiger charge is -2.12. The van der Waals surface area contributed by atoms with Gasteiger partial charge in [-0.3, -0.25) is 25.8 Å². The Hall–Kier alpha value is -4.05. The zero-order chi connectivity index (χ0) is 21.8. The summed E-state index contributed by atoms with van der Waals surface area (Å²) < 4.78 is 0.801. The number of benzene rings is 3. The molecule has 0 aliphatic heterocycles. The molecule has 154 valence electrons. The number of fused-ring (bicyclic) bond motifs is 1. The molecule has 0 spiro atoms. The number of hydrazine groups is 1. The summed E-state index contributed by atoms with van der Waals surface area (Å²) in [5.74, 6) is -0.614. The second-order valence-corrected chi connectivity index (χ2v) is 7.33. The van der Waals surface area contributed by atoms with Crippen molar-refractivity contribution in [2.24, 2.45) is 0 Å². The van der Waals surface area contributed by atoms with E-state index in [1.807, 2.05) is 36.4 Å². The van der Waals surface area contributed by atoms with Gasteiger partial charge in [0.25, 0.3) is 5.91 Å². The van der Waals surface area contributed by atoms with Crippen LogP contribution < -0.4 is 16.2 Å². The second-order valence-electron chi connectivity index (χ2n) is 6.42. The van der Waals surface area contributed by atoms with Crippen molar-refractivity contribution in [1.82, 2.24) is 15.4 Å². The van der Waals surface area contributed by atoms with Crippen LogP contribution in [0.4, 0.5) is 23.0 Å². The standard InChI is InChI=1S/C21H15BrN6O3/c22-14-7-4-8-15(11-14)25-19-18(28(30)31)20(24-12-23-19)26-27-21(29)17-10-3-6-13-5-1-2-9-16(13)17/h1-12H,(H,27,29)(H2,23,24,25,26). The number of carbonyl (C=O) groups excluding carboxylic acids is 1. The highest BCUT2D eigenvalue weighted by Crippen LogP contribution is 2.31. The van der Waals surface area contributed by atoms with Gasteiger partial charge in [-0.15, -0.1) is 0 Å². The highest BCUT2D eigenvalue weighted by atomic mass is 79.9. The van der Waals surface area contributed by atoms with Gasteiger partial charge in [-0.1, -0.05) is 58.4 Å². The number of amides is 1. The van der Waals surface area contributed by atoms with Crippen molar-refractivity contribution >= 4 is 55.6 Å². The third-order valence-electron chi connectivity index (χ3n) is 4.42. The van der Waals surface area contributed by atoms with Crippen LogP contribution in [0, 0.1) is 10.1 Å². The Balaban J connectivity index is 1.59. The fourth-order valence-corrected chi connectivity index (χ4v) is 3.44. The van der Waals surface area contributed by atoms with Crippen LogP contribution in [0.2, 0.25) is 0 Å². The second kappa shape index (κ2) is 8.76. The summed E-state index contributed by atoms with van der Waals surface area (Å²) in [7, 11) is 0. The van der Waals surface area contributed by atoms with E-state index in [-0.39, 0.29) is 11.6 Å². The fraction of sp³-hybridized carbons (Fsp3) is 0. The summed E-state index contributed by atoms with van der Waals surface area (Å²) in [5.41, 5.74) is 5.66. The number of aromatic nitrogens is 2. The van der Waals surface area contributed by atoms with E-state index in [1.165, 1.54) is 6.33 Å². The minimum Gasteiger partial charge on any atom is -0.334 e. The highest BCUT2D eigenvalue weighted by Gasteiger charge is 2.24. The molecule has 0 aliphatic carbocycles. The topological polar surface area (TPSA) is 122 Å². The zero-order valence-corrected chi connectivity index (χ0v) is 17.5. The van der Waals surface area contributed by atoms with E-state index in [9.17, 15) is 14.9 Å². The van der Waals surface area contributed by atoms with Crippen molar-refractivity contribution in [1.29, 1.82) is 0 Å². The van der Waals surface area contributed by atoms with Crippen molar-refractivity contribution in [2.75, 3.05) is 10.7 Å². The van der Waals surface area contributed by atoms with Gasteiger partial charge in [-0.2, -0.15) is 0 Å². The van der Waals surface area contributed by atoms with Gasteiger partial charge in [0.2, 0.25) is 11.6 Å². The quantitative estimate of drug-likeness (QED) is 0.268. The van der Waals surface area contributed by atoms with Crippen LogP contribution in [0.5, 0.6) is 0 Å². The summed E-state index contributed by atoms with van der Waals surface area (Å²) >= 11 is 3.35. The number of nitro groups is 1. The molecule has 1 heterocycles. The molecule has 0 saturated heterocycles. The normalized spacial score (nSPS) is 10.5. The molecule has 4 aromatic rings. The molecule has 1 amide bonds. The van der Waals surface area contributed by atoms with E-state index >= 15 is 0 Å². The Labute approximate surface area is 184 Å². The zero-order valence-electron chi connectivity index (χ0n) is 15.9. The summed E-state index contributed by atoms with van der Waals surface area (Å²) in [6.45, 7) is 0. The largest absolute Gasteiger partial charge is 0.355 e. The summed E-state index contributed by atoms with van der Waals surface area (Å²) in [6.07, 6.45) is 1.17. The molecule has 3 aromatic carbocycles. The molecule has 0 bridgehead atoms. The maximum absolute atomic E-state index is 12.7. The summed E-state index contributed by atoms with van der Waals surface area (Å²) in [5, 5.41) is 16.3. The molecule has 0 radical (unpaired) electrons. The number of halogens is 1. The van der Waals surface area contributed by atoms with Gasteiger partial charge in [-0.25, -0.2) is 9.97 Å². The lowest BCUT2D eigenvalue weighted by molar-refractivity contribution is -0.383. The minimum atomic E-state index is -0.618. The van der Waals surface area contributed by atoms with Crippen molar-refractivity contribution in [3.8, 4) is 0 Å². The average molecular weight is 479 g/mol. The maximum Gasteiger partial charge on any atom is 0.355 e. The molecule has 0 fully saturated rings. The molecule has 0 atom stereocenters. The SMILES string of the molecule is O=C(NNc1ncnc(Nc2cccc(Br)c2)c1[N+](=O)[O-])c1cccc2ccccc12. The van der Waals surface area contributed by atoms with Gasteiger partial charge in [-0.05, 0) is 35.0 Å². The van der Waals surface area contributed by atoms with E-state index in [1.54, 1.807) is 30.3 Å². The molecule has 1 aromatic heterocycles. The van der Waals surface area contributed by atoms with Crippen LogP contribution in [0.1, 0.15) is 10.4 Å². The maximum atomic E-state index is 12.7. The first-order valence-electron chi connectivity index (χ1n) is 9.09. The minimum absolute atomic E-state index is 0.0139. The van der Waals surface area contributed by atoms with Gasteiger partial charge in [0.15, 0.2) is 0 Å². The first kappa shape index (κ1) is 20.2. The van der Waals surface area contributed by atoms with E-state index < -0.39 is 16.5 Å². The van der Waals surface area contributed by atoms with Crippen LogP contribution in [0.3, 0.4) is 0 Å². The van der Waals surface area contributed by atoms with Crippen molar-refractivity contribution in [3.63, 3.8) is 0 Å². The number of anilines is 3. The molecule has 0 unspecified atom stereocenters. The molecular formula is C21H15BrN6O3. The van der Waals surface area contributed by atoms with Gasteiger partial charge in [0.05, 0.1) is 4.92 Å². The Bertz CT molecular complexity index is 1290. The number of carbonyl (C=O) groups is 1. The number of rotatable bonds is 6. The lowest BCUT2D eigenvalue weighted by Crippen LogP contribution is -2.30. The molecular weight excluding hydrogens is 464 g/mol. The number of hydrogen-bond donors (Lipinski definition) is 3. The van der Waals surface area contributed by atoms with Gasteiger partial charge >= 0.3 is 5.69 Å². The van der Waals surface area contributed by atoms with Gasteiger partial charge in [0, 0.05) is 15.7 Å². The smallest absolute Gasteiger partial charge is 0.334 e. The van der Waals surface area contributed by atoms with Crippen LogP contribution in [-0.2, 0) is 0 Å². The Kier molecular flexibility index (Phi) is 5.72. The molecule has 4 rings (SSSR count). The molecule has 0 aliphatic rings. The number of hydrogen-bond acceptors (Lipinski definition) is 7. The summed E-state index contributed by atoms with van der Waals surface area (Å²) in [6, 6.07) is 19.9. The number of nitrogens with one attached hydrogen (secondary N) is 3. The third-order valence-corrected chi connectivity index (χ3v) is 4.91. The first-order valence-corrected chi connectivity index (χ1v) is 9.88. The first-order chi connectivity index (χ1) is 15.0. The van der Waals surface area contributed by atoms with Crippen molar-refractivity contribution in [2.45, 2.75) is 0 Å². The van der Waals surface area contributed by atoms with Gasteiger partial charge in [0.1, 0.15) is 6.33 Å². The van der Waals surface area contributed by atoms with Crippen molar-refractivity contribution < 1.29 is 9.72 Å². The third kappa shape index (κ3) is 4.43. The Morgan fingerprint density at radius 3 is 2.52 bits per heavy atom. The fourth-order valence-electron chi connectivity index (χ4n) is 3.04. The van der Waals surface area contributed by atoms with E-state index in [2.05, 4.69) is 42.1 Å². The van der Waals surface area contributed by atoms with E-state index in [0.717, 1.165) is 15.2 Å². The van der Waals surface area contributed by atoms with Gasteiger partial charge < -0.3 is 5.32 Å². The van der Waals surface area contributed by atoms with E-state index in [0.29, 0.717) is 11.3 Å². The molecule has 0 saturated carbocycles. The lowest BCUT2D eigenvalue weighted by atomic mass is 10.0. The Morgan fingerprint density at radius 2 is 1.71 bits per heavy atom. The van der Waals surface area contributed by atoms with Crippen LogP contribution in [0.25, 0.3) is 10.8 Å². The highest BCUT2D eigenvalue weighted by molar-refractivity contribution is 9.10. The predicted molar refractivity (Wildman–Crippen MR) is 121 cm³/mol. The Morgan fingerprint density at radius 1 is 0.968 bits per heavy atom. The monoisotopic (exact) mass is 478 g/mol. The van der Waals surface area contributed by atoms with Crippen molar-refractivity contribution in [3.05, 3.63) is 93.2 Å². The van der Waals surface area contributed by atoms with Crippen LogP contribution >= 0.6 is 15.9 Å². The summed E-state index contributed by atoms with van der Waals surface area (Å²) in [4.78, 5) is 31.7. The number of nitrogens with zero attached hydrogens (tertiary/aromatic N) is 3. The molecule has 3 N–H and O–H groups in total. The van der Waals surface area contributed by atoms with E-state index in [4.69, 9.17) is 0 Å². The van der Waals surface area contributed by atoms with Crippen LogP contribution in [-0.4, -0.2) is 20.8 Å². The molecule has 9 nitrogen and oxygen atoms in total. The molecule has 10 heteroatoms. The predicted octanol–water partition coefficient (Wildman–Crippen LogP) is 4.80. The average Bonchev–Trinajstić information content (AvgIpc) is 2.77. The van der Waals surface area contributed by atoms with Crippen LogP contribution in [0.15, 0.2) is 77.5 Å². The molecule has 31 heavy (non-hydrogen) atoms.